The highest BCUT2D eigenvalue weighted by molar-refractivity contribution is 5.53. The van der Waals surface area contributed by atoms with Gasteiger partial charge in [0.2, 0.25) is 0 Å². The smallest absolute Gasteiger partial charge is 0.272 e. The van der Waals surface area contributed by atoms with E-state index in [1.165, 1.54) is 6.07 Å². The van der Waals surface area contributed by atoms with Gasteiger partial charge in [0.05, 0.1) is 10.6 Å². The maximum absolute atomic E-state index is 12.1. The molecule has 0 aliphatic carbocycles. The van der Waals surface area contributed by atoms with Gasteiger partial charge in [0.15, 0.2) is 0 Å². The molecule has 122 valence electrons. The van der Waals surface area contributed by atoms with Crippen molar-refractivity contribution in [1.29, 1.82) is 0 Å². The third-order valence-corrected chi connectivity index (χ3v) is 3.83. The number of aryl methyl sites for hydroxylation is 2. The summed E-state index contributed by atoms with van der Waals surface area (Å²) in [5.74, 6) is 0. The monoisotopic (exact) mass is 316 g/mol. The molecule has 2 rings (SSSR count). The Labute approximate surface area is 133 Å². The van der Waals surface area contributed by atoms with Crippen molar-refractivity contribution in [2.45, 2.75) is 40.2 Å². The average molecular weight is 316 g/mol. The van der Waals surface area contributed by atoms with Crippen molar-refractivity contribution in [3.05, 3.63) is 61.1 Å². The molecule has 0 aliphatic rings. The summed E-state index contributed by atoms with van der Waals surface area (Å²) < 4.78 is 0. The van der Waals surface area contributed by atoms with Gasteiger partial charge in [0.1, 0.15) is 0 Å². The van der Waals surface area contributed by atoms with Crippen molar-refractivity contribution in [3.8, 4) is 0 Å². The second kappa shape index (κ2) is 7.04. The summed E-state index contributed by atoms with van der Waals surface area (Å²) in [4.78, 5) is 22.5. The zero-order chi connectivity index (χ0) is 17.0. The van der Waals surface area contributed by atoms with Crippen molar-refractivity contribution in [1.82, 2.24) is 10.2 Å². The molecule has 0 unspecified atom stereocenters. The number of nitrogens with one attached hydrogen (secondary N) is 2. The van der Waals surface area contributed by atoms with E-state index < -0.39 is 4.92 Å². The summed E-state index contributed by atoms with van der Waals surface area (Å²) in [6.07, 6.45) is 1.49. The molecule has 1 heterocycles. The first kappa shape index (κ1) is 16.7. The largest absolute Gasteiger partial charge is 0.381 e. The molecule has 0 saturated carbocycles. The number of hydrogen-bond donors (Lipinski definition) is 2. The highest BCUT2D eigenvalue weighted by Gasteiger charge is 2.13. The van der Waals surface area contributed by atoms with E-state index >= 15 is 0 Å². The number of nitro groups is 1. The molecule has 7 nitrogen and oxygen atoms in total. The number of nitro benzene ring substituents is 1. The molecule has 0 spiro atoms. The van der Waals surface area contributed by atoms with Crippen LogP contribution in [0.4, 0.5) is 11.4 Å². The van der Waals surface area contributed by atoms with Gasteiger partial charge in [0.25, 0.3) is 11.2 Å². The van der Waals surface area contributed by atoms with E-state index in [1.54, 1.807) is 19.1 Å². The molecule has 0 amide bonds. The lowest BCUT2D eigenvalue weighted by atomic mass is 10.0. The van der Waals surface area contributed by atoms with Crippen LogP contribution in [0.1, 0.15) is 36.2 Å². The quantitative estimate of drug-likeness (QED) is 0.630. The Hall–Kier alpha value is -2.70. The van der Waals surface area contributed by atoms with Gasteiger partial charge < -0.3 is 5.32 Å². The summed E-state index contributed by atoms with van der Waals surface area (Å²) in [5.41, 5.74) is 3.71. The standard InChI is InChI=1S/C16H20N4O3/c1-4-12-13(16(21)19-18-14(12)5-2)9-17-11-6-7-15(20(22)23)10(3)8-11/h6-8,17H,4-5,9H2,1-3H3,(H,19,21). The van der Waals surface area contributed by atoms with Crippen molar-refractivity contribution in [2.75, 3.05) is 5.32 Å². The first-order chi connectivity index (χ1) is 11.0. The molecule has 0 bridgehead atoms. The molecule has 0 radical (unpaired) electrons. The molecule has 0 saturated heterocycles. The van der Waals surface area contributed by atoms with E-state index in [2.05, 4.69) is 15.5 Å². The Kier molecular flexibility index (Phi) is 5.10. The van der Waals surface area contributed by atoms with Crippen LogP contribution in [0.15, 0.2) is 23.0 Å². The fourth-order valence-electron chi connectivity index (χ4n) is 2.62. The average Bonchev–Trinajstić information content (AvgIpc) is 2.53. The first-order valence-corrected chi connectivity index (χ1v) is 7.56. The second-order valence-corrected chi connectivity index (χ2v) is 5.28. The highest BCUT2D eigenvalue weighted by atomic mass is 16.6. The van der Waals surface area contributed by atoms with Gasteiger partial charge in [-0.15, -0.1) is 0 Å². The first-order valence-electron chi connectivity index (χ1n) is 7.56. The maximum Gasteiger partial charge on any atom is 0.272 e. The zero-order valence-electron chi connectivity index (χ0n) is 13.5. The summed E-state index contributed by atoms with van der Waals surface area (Å²) in [7, 11) is 0. The molecule has 2 N–H and O–H groups in total. The Balaban J connectivity index is 2.26. The van der Waals surface area contributed by atoms with Crippen LogP contribution < -0.4 is 10.9 Å². The lowest BCUT2D eigenvalue weighted by Crippen LogP contribution is -2.22. The van der Waals surface area contributed by atoms with Crippen LogP contribution in [-0.4, -0.2) is 15.1 Å². The Bertz CT molecular complexity index is 783. The van der Waals surface area contributed by atoms with Crippen LogP contribution in [0.25, 0.3) is 0 Å². The molecule has 7 heteroatoms. The van der Waals surface area contributed by atoms with E-state index in [0.29, 0.717) is 17.7 Å². The number of nitrogens with zero attached hydrogens (tertiary/aromatic N) is 2. The van der Waals surface area contributed by atoms with Crippen molar-refractivity contribution in [2.24, 2.45) is 0 Å². The summed E-state index contributed by atoms with van der Waals surface area (Å²) in [5, 5.41) is 20.6. The zero-order valence-corrected chi connectivity index (χ0v) is 13.5. The molecule has 0 fully saturated rings. The van der Waals surface area contributed by atoms with Gasteiger partial charge in [-0.25, -0.2) is 5.10 Å². The Morgan fingerprint density at radius 3 is 2.57 bits per heavy atom. The van der Waals surface area contributed by atoms with Crippen LogP contribution in [0, 0.1) is 17.0 Å². The Morgan fingerprint density at radius 2 is 2.00 bits per heavy atom. The number of benzene rings is 1. The molecular formula is C16H20N4O3. The van der Waals surface area contributed by atoms with Crippen LogP contribution in [0.2, 0.25) is 0 Å². The second-order valence-electron chi connectivity index (χ2n) is 5.28. The fraction of sp³-hybridized carbons (Fsp3) is 0.375. The van der Waals surface area contributed by atoms with Gasteiger partial charge in [-0.05, 0) is 37.5 Å². The minimum Gasteiger partial charge on any atom is -0.381 e. The minimum atomic E-state index is -0.407. The predicted molar refractivity (Wildman–Crippen MR) is 88.8 cm³/mol. The molecule has 23 heavy (non-hydrogen) atoms. The fourth-order valence-corrected chi connectivity index (χ4v) is 2.62. The van der Waals surface area contributed by atoms with Crippen LogP contribution in [0.3, 0.4) is 0 Å². The molecule has 0 aliphatic heterocycles. The summed E-state index contributed by atoms with van der Waals surface area (Å²) >= 11 is 0. The maximum atomic E-state index is 12.1. The number of hydrogen-bond acceptors (Lipinski definition) is 5. The number of anilines is 1. The normalized spacial score (nSPS) is 10.6. The van der Waals surface area contributed by atoms with Crippen LogP contribution in [-0.2, 0) is 19.4 Å². The number of rotatable bonds is 6. The predicted octanol–water partition coefficient (Wildman–Crippen LogP) is 2.72. The van der Waals surface area contributed by atoms with E-state index in [4.69, 9.17) is 0 Å². The van der Waals surface area contributed by atoms with Crippen molar-refractivity contribution in [3.63, 3.8) is 0 Å². The molecule has 1 aromatic carbocycles. The molecular weight excluding hydrogens is 296 g/mol. The Morgan fingerprint density at radius 1 is 1.26 bits per heavy atom. The summed E-state index contributed by atoms with van der Waals surface area (Å²) in [6.45, 7) is 6.03. The van der Waals surface area contributed by atoms with Gasteiger partial charge >= 0.3 is 0 Å². The lowest BCUT2D eigenvalue weighted by Gasteiger charge is -2.12. The topological polar surface area (TPSA) is 101 Å². The van der Waals surface area contributed by atoms with E-state index in [9.17, 15) is 14.9 Å². The van der Waals surface area contributed by atoms with Crippen LogP contribution >= 0.6 is 0 Å². The number of H-pyrrole nitrogens is 1. The van der Waals surface area contributed by atoms with Crippen LogP contribution in [0.5, 0.6) is 0 Å². The van der Waals surface area contributed by atoms with Gasteiger partial charge in [-0.3, -0.25) is 14.9 Å². The third-order valence-electron chi connectivity index (χ3n) is 3.83. The van der Waals surface area contributed by atoms with E-state index in [-0.39, 0.29) is 11.2 Å². The lowest BCUT2D eigenvalue weighted by molar-refractivity contribution is -0.385. The number of aromatic amines is 1. The highest BCUT2D eigenvalue weighted by Crippen LogP contribution is 2.22. The van der Waals surface area contributed by atoms with Gasteiger partial charge in [0, 0.05) is 29.4 Å². The molecule has 2 aromatic rings. The minimum absolute atomic E-state index is 0.0832. The van der Waals surface area contributed by atoms with Gasteiger partial charge in [-0.1, -0.05) is 13.8 Å². The van der Waals surface area contributed by atoms with Crippen molar-refractivity contribution >= 4 is 11.4 Å². The third kappa shape index (κ3) is 3.56. The molecule has 1 aromatic heterocycles. The number of aromatic nitrogens is 2. The SMILES string of the molecule is CCc1n[nH]c(=O)c(CNc2ccc([N+](=O)[O-])c(C)c2)c1CC. The van der Waals surface area contributed by atoms with E-state index in [0.717, 1.165) is 29.8 Å². The van der Waals surface area contributed by atoms with E-state index in [1.807, 2.05) is 13.8 Å². The van der Waals surface area contributed by atoms with Crippen molar-refractivity contribution < 1.29 is 4.92 Å². The summed E-state index contributed by atoms with van der Waals surface area (Å²) in [6, 6.07) is 4.82. The van der Waals surface area contributed by atoms with Gasteiger partial charge in [-0.2, -0.15) is 5.10 Å². The molecule has 0 atom stereocenters.